The van der Waals surface area contributed by atoms with E-state index in [0.717, 1.165) is 36.4 Å². The number of fused-ring (bicyclic) bond motifs is 1. The predicted molar refractivity (Wildman–Crippen MR) is 225 cm³/mol. The number of nitrogens with one attached hydrogen (secondary N) is 2. The van der Waals surface area contributed by atoms with Crippen LogP contribution in [0.25, 0.3) is 10.8 Å². The molecule has 33 heteroatoms. The van der Waals surface area contributed by atoms with E-state index in [-0.39, 0.29) is 40.0 Å². The van der Waals surface area contributed by atoms with Crippen molar-refractivity contribution in [3.8, 4) is 11.5 Å². The summed E-state index contributed by atoms with van der Waals surface area (Å²) in [5.74, 6) is -2.64. The molecule has 0 saturated carbocycles. The first-order valence-corrected chi connectivity index (χ1v) is 24.6. The minimum atomic E-state index is -5.53. The van der Waals surface area contributed by atoms with Gasteiger partial charge in [-0.3, -0.25) is 22.8 Å². The van der Waals surface area contributed by atoms with Crippen molar-refractivity contribution in [3.63, 3.8) is 0 Å². The summed E-state index contributed by atoms with van der Waals surface area (Å²) in [6, 6.07) is 9.73. The molecule has 0 spiro atoms. The van der Waals surface area contributed by atoms with E-state index in [4.69, 9.17) is 11.6 Å². The number of hydrogen-bond acceptors (Lipinski definition) is 21. The van der Waals surface area contributed by atoms with Gasteiger partial charge in [0.15, 0.2) is 5.75 Å². The van der Waals surface area contributed by atoms with Crippen LogP contribution in [-0.4, -0.2) is 90.0 Å². The first-order valence-electron chi connectivity index (χ1n) is 17.0. The fourth-order valence-electron chi connectivity index (χ4n) is 5.70. The van der Waals surface area contributed by atoms with Gasteiger partial charge in [0.25, 0.3) is 50.6 Å². The van der Waals surface area contributed by atoms with Gasteiger partial charge in [0.05, 0.1) is 21.2 Å². The van der Waals surface area contributed by atoms with Gasteiger partial charge in [-0.1, -0.05) is 6.07 Å². The molecule has 353 valence electrons. The van der Waals surface area contributed by atoms with Crippen LogP contribution in [-0.2, 0) is 67.7 Å². The van der Waals surface area contributed by atoms with Gasteiger partial charge in [-0.05, 0) is 91.2 Å². The molecule has 0 bridgehead atoms. The average molecular weight is 1080 g/mol. The third-order valence-electron chi connectivity index (χ3n) is 8.64. The van der Waals surface area contributed by atoms with Crippen molar-refractivity contribution in [2.45, 2.75) is 38.3 Å². The van der Waals surface area contributed by atoms with Crippen molar-refractivity contribution < 1.29 is 92.1 Å². The summed E-state index contributed by atoms with van der Waals surface area (Å²) in [7, 11) is -25.5. The van der Waals surface area contributed by atoms with Gasteiger partial charge in [0.2, 0.25) is 17.2 Å². The third-order valence-corrected chi connectivity index (χ3v) is 13.2. The number of anilines is 4. The number of nitrogens with zero attached hydrogens (tertiary/aromatic N) is 7. The predicted octanol–water partition coefficient (Wildman–Crippen LogP) is 6.26. The van der Waals surface area contributed by atoms with Crippen molar-refractivity contribution in [1.29, 1.82) is 0 Å². The number of rotatable bonds is 13. The van der Waals surface area contributed by atoms with Crippen LogP contribution in [0.15, 0.2) is 112 Å². The Morgan fingerprint density at radius 1 is 0.515 bits per heavy atom. The van der Waals surface area contributed by atoms with Crippen LogP contribution in [0, 0.1) is 13.8 Å². The Morgan fingerprint density at radius 2 is 1.05 bits per heavy atom. The second-order valence-electron chi connectivity index (χ2n) is 13.1. The normalized spacial score (nSPS) is 12.7. The van der Waals surface area contributed by atoms with E-state index in [1.165, 1.54) is 13.0 Å². The van der Waals surface area contributed by atoms with Crippen LogP contribution in [0.5, 0.6) is 11.5 Å². The first-order chi connectivity index (χ1) is 29.9. The van der Waals surface area contributed by atoms with E-state index >= 15 is 0 Å². The average Bonchev–Trinajstić information content (AvgIpc) is 3.16. The Morgan fingerprint density at radius 3 is 1.62 bits per heavy atom. The molecule has 0 atom stereocenters. The first kappa shape index (κ1) is 51.1. The summed E-state index contributed by atoms with van der Waals surface area (Å²) in [5.41, 5.74) is -2.13. The Kier molecular flexibility index (Phi) is 14.3. The Hall–Kier alpha value is -5.87. The zero-order chi connectivity index (χ0) is 48.2. The number of hydrogen-bond donors (Lipinski definition) is 9. The quantitative estimate of drug-likeness (QED) is 0.0350. The van der Waals surface area contributed by atoms with Crippen molar-refractivity contribution in [2.75, 3.05) is 10.6 Å². The summed E-state index contributed by atoms with van der Waals surface area (Å²) in [6.45, 7) is 2.92. The molecule has 1 radical (unpaired) electrons. The topological polar surface area (TPSA) is 424 Å². The fourth-order valence-corrected chi connectivity index (χ4v) is 9.14. The largest absolute Gasteiger partial charge is 0.506 e. The Bertz CT molecular complexity index is 3660. The molecule has 6 aromatic rings. The zero-order valence-electron chi connectivity index (χ0n) is 32.4. The van der Waals surface area contributed by atoms with Crippen LogP contribution in [0.1, 0.15) is 11.1 Å². The Balaban J connectivity index is 0.00000817. The Labute approximate surface area is 387 Å². The molecule has 1 heterocycles. The van der Waals surface area contributed by atoms with Crippen LogP contribution < -0.4 is 10.6 Å². The summed E-state index contributed by atoms with van der Waals surface area (Å²) in [5, 5.41) is 39.8. The van der Waals surface area contributed by atoms with E-state index in [1.807, 2.05) is 0 Å². The molecular formula is C33H26ClCuN9O17S5. The second kappa shape index (κ2) is 18.4. The minimum absolute atomic E-state index is 0. The number of aryl methyl sites for hydroxylation is 2. The maximum absolute atomic E-state index is 12.9. The molecule has 0 aliphatic heterocycles. The van der Waals surface area contributed by atoms with Gasteiger partial charge in [-0.25, -0.2) is 0 Å². The van der Waals surface area contributed by atoms with Gasteiger partial charge in [-0.2, -0.15) is 62.2 Å². The van der Waals surface area contributed by atoms with Crippen molar-refractivity contribution in [2.24, 2.45) is 20.5 Å². The molecule has 5 aromatic carbocycles. The molecule has 9 N–H and O–H groups in total. The summed E-state index contributed by atoms with van der Waals surface area (Å²) in [4.78, 5) is 7.01. The monoisotopic (exact) mass is 1080 g/mol. The summed E-state index contributed by atoms with van der Waals surface area (Å²) >= 11 is 6.06. The fraction of sp³-hybridized carbons (Fsp3) is 0.0606. The van der Waals surface area contributed by atoms with E-state index in [1.54, 1.807) is 6.92 Å². The second-order valence-corrected chi connectivity index (χ2v) is 20.4. The molecular weight excluding hydrogens is 1050 g/mol. The molecule has 6 rings (SSSR count). The van der Waals surface area contributed by atoms with Crippen molar-refractivity contribution in [1.82, 2.24) is 15.0 Å². The van der Waals surface area contributed by atoms with Gasteiger partial charge in [-0.15, -0.1) is 15.3 Å². The standard InChI is InChI=1S/C33H26ClN9O17S5.Cu/c1-14-3-4-16(61(46,47)48)10-20(14)36-33-38-31(34)37-32(39-33)35-19-7-6-18-28(30(19)65(58,59)60)27(64(55,56)57)13-24(29(18)45)43-41-22-9-15(2)21(12-25(22)44)40-42-23-11-17(62(49,50)51)5-8-26(23)63(52,53)54;/h3-13,44-45H,1-2H3,(H,46,47,48)(H,49,50,51)(H,52,53,54)(H,55,56,57)(H,58,59,60)(H2,35,36,37,38,39);. The van der Waals surface area contributed by atoms with E-state index in [0.29, 0.717) is 29.8 Å². The van der Waals surface area contributed by atoms with E-state index in [9.17, 15) is 75.1 Å². The number of aromatic nitrogens is 3. The molecule has 0 aliphatic carbocycles. The zero-order valence-corrected chi connectivity index (χ0v) is 38.2. The SMILES string of the molecule is Cc1cc(N=Nc2cc(S(=O)(=O)O)c3c(S(=O)(=O)O)c(Nc4nc(Cl)nc(Nc5cc(S(=O)(=O)O)ccc5C)n4)ccc3c2O)c(O)cc1N=Nc1cc(S(=O)(=O)O)ccc1S(=O)(=O)O.[Cu]. The number of aromatic hydroxyl groups is 2. The molecule has 0 aliphatic rings. The number of benzene rings is 5. The number of phenolic OH excluding ortho intramolecular Hbond substituents is 2. The third kappa shape index (κ3) is 11.4. The van der Waals surface area contributed by atoms with Gasteiger partial charge in [0.1, 0.15) is 37.5 Å². The molecule has 0 amide bonds. The number of phenols is 2. The van der Waals surface area contributed by atoms with E-state index < -0.39 is 131 Å². The van der Waals surface area contributed by atoms with Crippen molar-refractivity contribution >= 4 is 119 Å². The molecule has 0 fully saturated rings. The summed E-state index contributed by atoms with van der Waals surface area (Å²) < 4.78 is 171. The maximum atomic E-state index is 12.9. The molecule has 1 aromatic heterocycles. The van der Waals surface area contributed by atoms with Crippen LogP contribution in [0.4, 0.5) is 46.0 Å². The number of halogens is 1. The van der Waals surface area contributed by atoms with Crippen LogP contribution in [0.3, 0.4) is 0 Å². The minimum Gasteiger partial charge on any atom is -0.506 e. The van der Waals surface area contributed by atoms with Crippen LogP contribution >= 0.6 is 11.6 Å². The molecule has 0 unspecified atom stereocenters. The van der Waals surface area contributed by atoms with E-state index in [2.05, 4.69) is 46.0 Å². The van der Waals surface area contributed by atoms with Crippen LogP contribution in [0.2, 0.25) is 5.28 Å². The van der Waals surface area contributed by atoms with Gasteiger partial charge < -0.3 is 20.8 Å². The van der Waals surface area contributed by atoms with Crippen molar-refractivity contribution in [3.05, 3.63) is 83.1 Å². The smallest absolute Gasteiger partial charge is 0.297 e. The number of azo groups is 2. The molecule has 26 nitrogen and oxygen atoms in total. The summed E-state index contributed by atoms with van der Waals surface area (Å²) in [6.07, 6.45) is 0. The molecule has 0 saturated heterocycles. The van der Waals surface area contributed by atoms with Gasteiger partial charge in [0, 0.05) is 39.6 Å². The maximum Gasteiger partial charge on any atom is 0.297 e. The van der Waals surface area contributed by atoms with Gasteiger partial charge >= 0.3 is 0 Å². The molecule has 66 heavy (non-hydrogen) atoms.